The second-order valence-electron chi connectivity index (χ2n) is 4.29. The van der Waals surface area contributed by atoms with Gasteiger partial charge in [0.05, 0.1) is 0 Å². The number of urea groups is 1. The molecule has 0 saturated carbocycles. The monoisotopic (exact) mass is 377 g/mol. The number of hydrogen-bond acceptors (Lipinski definition) is 6. The first kappa shape index (κ1) is 27.5. The fourth-order valence-corrected chi connectivity index (χ4v) is 2.97. The molecule has 24 heavy (non-hydrogen) atoms. The molecule has 1 aliphatic rings. The van der Waals surface area contributed by atoms with Gasteiger partial charge in [-0.15, -0.1) is 5.11 Å². The van der Waals surface area contributed by atoms with Gasteiger partial charge in [-0.3, -0.25) is 4.55 Å². The molecule has 1 heterocycles. The van der Waals surface area contributed by atoms with E-state index in [1.807, 2.05) is 0 Å². The zero-order chi connectivity index (χ0) is 15.1. The predicted octanol–water partition coefficient (Wildman–Crippen LogP) is -2.09. The van der Waals surface area contributed by atoms with Crippen LogP contribution in [0.5, 0.6) is 5.75 Å². The molecule has 0 aromatic heterocycles. The van der Waals surface area contributed by atoms with E-state index in [2.05, 4.69) is 10.2 Å². The molecule has 2 rings (SSSR count). The number of phenols is 1. The summed E-state index contributed by atoms with van der Waals surface area (Å²) in [5, 5.41) is 15.2. The first-order valence-electron chi connectivity index (χ1n) is 5.46. The van der Waals surface area contributed by atoms with Crippen LogP contribution in [0, 0.1) is 0 Å². The van der Waals surface area contributed by atoms with Gasteiger partial charge < -0.3 is 32.2 Å². The number of azo groups is 1. The Kier molecular flexibility index (Phi) is 11.3. The van der Waals surface area contributed by atoms with E-state index in [1.54, 1.807) is 0 Å². The molecule has 0 fully saturated rings. The van der Waals surface area contributed by atoms with Crippen LogP contribution in [-0.2, 0) is 16.5 Å². The molecule has 0 saturated heterocycles. The molecule has 1 radical (unpaired) electrons. The number of phenolic OH excluding ortho intramolecular Hbond substituents is 1. The standard InChI is InChI=1S/C10H12N4O5S.Na.3H2O/c1-14-7-4-8(15)6(12-13-10(11)16)2-5(7)3-9(14)20(17,18)19;;;;/h2,4,9,15H,3H2,1H3,(H2,11,16)(H,17,18,19);;3*1H2. The van der Waals surface area contributed by atoms with Crippen molar-refractivity contribution in [3.8, 4) is 5.75 Å². The fraction of sp³-hybridized carbons (Fsp3) is 0.300. The van der Waals surface area contributed by atoms with Crippen molar-refractivity contribution in [1.82, 2.24) is 0 Å². The summed E-state index contributed by atoms with van der Waals surface area (Å²) in [6.07, 6.45) is 0.0318. The number of primary amides is 1. The maximum atomic E-state index is 11.2. The van der Waals surface area contributed by atoms with Gasteiger partial charge in [0.15, 0.2) is 5.37 Å². The van der Waals surface area contributed by atoms with Gasteiger partial charge in [-0.1, -0.05) is 5.11 Å². The van der Waals surface area contributed by atoms with E-state index >= 15 is 0 Å². The molecule has 0 spiro atoms. The van der Waals surface area contributed by atoms with Crippen molar-refractivity contribution in [2.24, 2.45) is 16.0 Å². The topological polar surface area (TPSA) is 240 Å². The summed E-state index contributed by atoms with van der Waals surface area (Å²) in [7, 11) is -2.77. The Bertz CT molecular complexity index is 711. The van der Waals surface area contributed by atoms with Gasteiger partial charge in [0, 0.05) is 54.8 Å². The number of carbonyl (C=O) groups excluding carboxylic acids is 1. The number of nitrogens with two attached hydrogens (primary N) is 1. The van der Waals surface area contributed by atoms with Crippen molar-refractivity contribution in [3.05, 3.63) is 17.7 Å². The Labute approximate surface area is 159 Å². The van der Waals surface area contributed by atoms with Crippen LogP contribution in [-0.4, -0.2) is 82.5 Å². The first-order valence-corrected chi connectivity index (χ1v) is 6.96. The molecule has 2 amide bonds. The van der Waals surface area contributed by atoms with Crippen molar-refractivity contribution in [1.29, 1.82) is 0 Å². The minimum absolute atomic E-state index is 0. The number of aromatic hydroxyl groups is 1. The molecule has 14 heteroatoms. The van der Waals surface area contributed by atoms with Crippen molar-refractivity contribution >= 4 is 57.1 Å². The number of anilines is 1. The Morgan fingerprint density at radius 1 is 1.33 bits per heavy atom. The second-order valence-corrected chi connectivity index (χ2v) is 5.87. The zero-order valence-electron chi connectivity index (χ0n) is 12.9. The van der Waals surface area contributed by atoms with Crippen molar-refractivity contribution < 1.29 is 39.3 Å². The van der Waals surface area contributed by atoms with Gasteiger partial charge in [-0.2, -0.15) is 8.42 Å². The molecule has 0 bridgehead atoms. The summed E-state index contributed by atoms with van der Waals surface area (Å²) >= 11 is 0. The molecule has 133 valence electrons. The molecule has 1 unspecified atom stereocenters. The summed E-state index contributed by atoms with van der Waals surface area (Å²) in [5.74, 6) is -0.281. The number of benzene rings is 1. The predicted molar refractivity (Wildman–Crippen MR) is 86.2 cm³/mol. The van der Waals surface area contributed by atoms with Gasteiger partial charge >= 0.3 is 6.03 Å². The zero-order valence-corrected chi connectivity index (χ0v) is 15.7. The van der Waals surface area contributed by atoms with E-state index in [1.165, 1.54) is 24.1 Å². The van der Waals surface area contributed by atoms with E-state index in [4.69, 9.17) is 10.3 Å². The third-order valence-electron chi connectivity index (χ3n) is 2.98. The Morgan fingerprint density at radius 2 is 1.88 bits per heavy atom. The Hall–Kier alpha value is -1.32. The molecule has 1 atom stereocenters. The summed E-state index contributed by atoms with van der Waals surface area (Å²) in [5.41, 5.74) is 5.79. The minimum atomic E-state index is -4.25. The van der Waals surface area contributed by atoms with E-state index in [0.29, 0.717) is 11.3 Å². The maximum Gasteiger partial charge on any atom is 0.356 e. The van der Waals surface area contributed by atoms with E-state index in [-0.39, 0.29) is 63.8 Å². The van der Waals surface area contributed by atoms with Crippen LogP contribution in [0.3, 0.4) is 0 Å². The average molecular weight is 377 g/mol. The summed E-state index contributed by atoms with van der Waals surface area (Å²) in [6.45, 7) is 0. The van der Waals surface area contributed by atoms with E-state index in [9.17, 15) is 18.3 Å². The van der Waals surface area contributed by atoms with Gasteiger partial charge in [-0.25, -0.2) is 4.79 Å². The molecule has 0 aliphatic carbocycles. The Balaban J connectivity index is -0.00000110. The minimum Gasteiger partial charge on any atom is -0.506 e. The molecule has 12 nitrogen and oxygen atoms in total. The Morgan fingerprint density at radius 3 is 2.33 bits per heavy atom. The van der Waals surface area contributed by atoms with Crippen LogP contribution < -0.4 is 10.6 Å². The SMILES string of the molecule is CN1c2cc(O)c(N=NC(N)=O)cc2CC1S(=O)(=O)O.O.O.O.[Na]. The summed E-state index contributed by atoms with van der Waals surface area (Å²) in [6, 6.07) is 1.66. The van der Waals surface area contributed by atoms with Gasteiger partial charge in [0.25, 0.3) is 10.1 Å². The molecule has 1 aromatic rings. The van der Waals surface area contributed by atoms with Crippen LogP contribution in [0.25, 0.3) is 0 Å². The number of fused-ring (bicyclic) bond motifs is 1. The summed E-state index contributed by atoms with van der Waals surface area (Å²) in [4.78, 5) is 11.8. The number of hydrogen-bond donors (Lipinski definition) is 3. The summed E-state index contributed by atoms with van der Waals surface area (Å²) < 4.78 is 31.6. The van der Waals surface area contributed by atoms with Crippen LogP contribution >= 0.6 is 0 Å². The van der Waals surface area contributed by atoms with Crippen LogP contribution in [0.15, 0.2) is 22.4 Å². The number of carbonyl (C=O) groups is 1. The third kappa shape index (κ3) is 5.64. The quantitative estimate of drug-likeness (QED) is 0.296. The molecular formula is C10H18N4NaO8S. The van der Waals surface area contributed by atoms with Crippen LogP contribution in [0.2, 0.25) is 0 Å². The third-order valence-corrected chi connectivity index (χ3v) is 4.15. The average Bonchev–Trinajstić information content (AvgIpc) is 2.63. The van der Waals surface area contributed by atoms with E-state index < -0.39 is 21.5 Å². The maximum absolute atomic E-state index is 11.2. The van der Waals surface area contributed by atoms with Crippen molar-refractivity contribution in [2.75, 3.05) is 11.9 Å². The number of amides is 2. The van der Waals surface area contributed by atoms with E-state index in [0.717, 1.165) is 0 Å². The van der Waals surface area contributed by atoms with Crippen molar-refractivity contribution in [2.45, 2.75) is 11.8 Å². The molecule has 10 N–H and O–H groups in total. The molecular weight excluding hydrogens is 359 g/mol. The van der Waals surface area contributed by atoms with Gasteiger partial charge in [-0.05, 0) is 11.6 Å². The molecule has 1 aliphatic heterocycles. The smallest absolute Gasteiger partial charge is 0.356 e. The number of likely N-dealkylation sites (N-methyl/N-ethyl adjacent to an activating group) is 1. The van der Waals surface area contributed by atoms with Crippen LogP contribution in [0.4, 0.5) is 16.2 Å². The normalized spacial score (nSPS) is 15.4. The number of rotatable bonds is 2. The molecule has 1 aromatic carbocycles. The van der Waals surface area contributed by atoms with Crippen molar-refractivity contribution in [3.63, 3.8) is 0 Å². The largest absolute Gasteiger partial charge is 0.506 e. The fourth-order valence-electron chi connectivity index (χ4n) is 2.07. The van der Waals surface area contributed by atoms with Crippen LogP contribution in [0.1, 0.15) is 5.56 Å². The van der Waals surface area contributed by atoms with Gasteiger partial charge in [0.1, 0.15) is 11.4 Å². The second kappa shape index (κ2) is 9.85. The van der Waals surface area contributed by atoms with Gasteiger partial charge in [0.2, 0.25) is 0 Å². The number of nitrogens with zero attached hydrogens (tertiary/aromatic N) is 3. The first-order chi connectivity index (χ1) is 9.20.